The van der Waals surface area contributed by atoms with Gasteiger partial charge in [0.1, 0.15) is 0 Å². The van der Waals surface area contributed by atoms with Crippen LogP contribution >= 0.6 is 0 Å². The molecule has 0 bridgehead atoms. The summed E-state index contributed by atoms with van der Waals surface area (Å²) in [5.74, 6) is -0.257. The highest BCUT2D eigenvalue weighted by Gasteiger charge is 2.14. The first-order chi connectivity index (χ1) is 12.1. The molecule has 5 heteroatoms. The summed E-state index contributed by atoms with van der Waals surface area (Å²) >= 11 is 0. The van der Waals surface area contributed by atoms with Crippen LogP contribution in [0.4, 0.5) is 0 Å². The van der Waals surface area contributed by atoms with Gasteiger partial charge in [-0.2, -0.15) is 5.10 Å². The molecule has 1 aromatic heterocycles. The Morgan fingerprint density at radius 2 is 1.80 bits per heavy atom. The number of para-hydroxylation sites is 1. The van der Waals surface area contributed by atoms with Crippen LogP contribution in [0, 0.1) is 13.8 Å². The van der Waals surface area contributed by atoms with Crippen LogP contribution in [0.3, 0.4) is 0 Å². The fourth-order valence-electron chi connectivity index (χ4n) is 2.75. The lowest BCUT2D eigenvalue weighted by Gasteiger charge is -2.14. The number of aromatic nitrogens is 2. The van der Waals surface area contributed by atoms with Gasteiger partial charge in [-0.15, -0.1) is 0 Å². The average Bonchev–Trinajstić information content (AvgIpc) is 3.10. The summed E-state index contributed by atoms with van der Waals surface area (Å²) in [5.41, 5.74) is 4.28. The van der Waals surface area contributed by atoms with Gasteiger partial charge in [0.05, 0.1) is 23.6 Å². The third kappa shape index (κ3) is 3.78. The number of hydrogen-bond acceptors (Lipinski definition) is 3. The van der Waals surface area contributed by atoms with E-state index in [0.29, 0.717) is 5.56 Å². The van der Waals surface area contributed by atoms with E-state index in [0.717, 1.165) is 22.4 Å². The molecule has 1 unspecified atom stereocenters. The maximum Gasteiger partial charge on any atom is 0.254 e. The minimum absolute atomic E-state index is 0.152. The summed E-state index contributed by atoms with van der Waals surface area (Å²) in [4.78, 5) is 12.3. The van der Waals surface area contributed by atoms with Crippen molar-refractivity contribution in [3.05, 3.63) is 83.2 Å². The molecule has 1 amide bonds. The van der Waals surface area contributed by atoms with Crippen LogP contribution in [0.2, 0.25) is 0 Å². The molecule has 25 heavy (non-hydrogen) atoms. The summed E-state index contributed by atoms with van der Waals surface area (Å²) in [6.07, 6.45) is 2.48. The van der Waals surface area contributed by atoms with Crippen molar-refractivity contribution in [2.24, 2.45) is 0 Å². The van der Waals surface area contributed by atoms with Gasteiger partial charge in [0.25, 0.3) is 5.91 Å². The van der Waals surface area contributed by atoms with E-state index < -0.39 is 6.10 Å². The van der Waals surface area contributed by atoms with Gasteiger partial charge < -0.3 is 10.4 Å². The van der Waals surface area contributed by atoms with Gasteiger partial charge >= 0.3 is 0 Å². The standard InChI is InChI=1S/C20H21N3O2/c1-14-7-3-5-9-17(14)19(24)12-21-20(25)16-11-22-23(13-16)18-10-6-4-8-15(18)2/h3-11,13,19,24H,12H2,1-2H3,(H,21,25). The Kier molecular flexibility index (Phi) is 4.95. The van der Waals surface area contributed by atoms with Crippen LogP contribution in [0.1, 0.15) is 33.2 Å². The number of aliphatic hydroxyl groups excluding tert-OH is 1. The van der Waals surface area contributed by atoms with Crippen molar-refractivity contribution in [1.29, 1.82) is 0 Å². The Hall–Kier alpha value is -2.92. The number of aliphatic hydroxyl groups is 1. The van der Waals surface area contributed by atoms with Crippen LogP contribution in [0.25, 0.3) is 5.69 Å². The van der Waals surface area contributed by atoms with Crippen LogP contribution in [0.5, 0.6) is 0 Å². The second-order valence-electron chi connectivity index (χ2n) is 6.04. The van der Waals surface area contributed by atoms with Crippen molar-refractivity contribution in [2.75, 3.05) is 6.54 Å². The van der Waals surface area contributed by atoms with E-state index in [4.69, 9.17) is 0 Å². The molecular formula is C20H21N3O2. The van der Waals surface area contributed by atoms with E-state index in [1.807, 2.05) is 62.4 Å². The molecule has 1 heterocycles. The number of hydrogen-bond donors (Lipinski definition) is 2. The van der Waals surface area contributed by atoms with Crippen LogP contribution in [-0.2, 0) is 0 Å². The monoisotopic (exact) mass is 335 g/mol. The van der Waals surface area contributed by atoms with E-state index in [-0.39, 0.29) is 12.5 Å². The van der Waals surface area contributed by atoms with Crippen molar-refractivity contribution >= 4 is 5.91 Å². The topological polar surface area (TPSA) is 67.2 Å². The molecule has 2 aromatic carbocycles. The Morgan fingerprint density at radius 1 is 1.12 bits per heavy atom. The molecule has 0 aliphatic heterocycles. The zero-order valence-corrected chi connectivity index (χ0v) is 14.3. The first kappa shape index (κ1) is 16.9. The number of aryl methyl sites for hydroxylation is 2. The van der Waals surface area contributed by atoms with E-state index in [1.165, 1.54) is 6.20 Å². The van der Waals surface area contributed by atoms with Crippen molar-refractivity contribution in [3.63, 3.8) is 0 Å². The molecule has 0 spiro atoms. The highest BCUT2D eigenvalue weighted by Crippen LogP contribution is 2.17. The number of benzene rings is 2. The Bertz CT molecular complexity index is 886. The Balaban J connectivity index is 1.67. The lowest BCUT2D eigenvalue weighted by molar-refractivity contribution is 0.0916. The van der Waals surface area contributed by atoms with Crippen molar-refractivity contribution < 1.29 is 9.90 Å². The molecule has 3 rings (SSSR count). The maximum absolute atomic E-state index is 12.3. The summed E-state index contributed by atoms with van der Waals surface area (Å²) in [6, 6.07) is 15.4. The molecule has 0 fully saturated rings. The van der Waals surface area contributed by atoms with Crippen LogP contribution in [0.15, 0.2) is 60.9 Å². The number of carbonyl (C=O) groups excluding carboxylic acids is 1. The minimum Gasteiger partial charge on any atom is -0.387 e. The van der Waals surface area contributed by atoms with Gasteiger partial charge in [-0.3, -0.25) is 4.79 Å². The van der Waals surface area contributed by atoms with Gasteiger partial charge in [0.15, 0.2) is 0 Å². The Morgan fingerprint density at radius 3 is 2.52 bits per heavy atom. The van der Waals surface area contributed by atoms with Crippen molar-refractivity contribution in [3.8, 4) is 5.69 Å². The van der Waals surface area contributed by atoms with Crippen molar-refractivity contribution in [2.45, 2.75) is 20.0 Å². The highest BCUT2D eigenvalue weighted by molar-refractivity contribution is 5.93. The van der Waals surface area contributed by atoms with Gasteiger partial charge in [-0.05, 0) is 36.6 Å². The molecule has 0 aliphatic carbocycles. The van der Waals surface area contributed by atoms with E-state index in [2.05, 4.69) is 10.4 Å². The normalized spacial score (nSPS) is 12.0. The smallest absolute Gasteiger partial charge is 0.254 e. The fourth-order valence-corrected chi connectivity index (χ4v) is 2.75. The molecule has 2 N–H and O–H groups in total. The molecule has 0 saturated carbocycles. The predicted octanol–water partition coefficient (Wildman–Crippen LogP) is 2.95. The average molecular weight is 335 g/mol. The van der Waals surface area contributed by atoms with Gasteiger partial charge in [-0.1, -0.05) is 42.5 Å². The Labute approximate surface area is 146 Å². The van der Waals surface area contributed by atoms with Crippen LogP contribution in [-0.4, -0.2) is 27.3 Å². The number of amides is 1. The largest absolute Gasteiger partial charge is 0.387 e. The lowest BCUT2D eigenvalue weighted by Crippen LogP contribution is -2.28. The maximum atomic E-state index is 12.3. The number of rotatable bonds is 5. The first-order valence-corrected chi connectivity index (χ1v) is 8.18. The third-order valence-corrected chi connectivity index (χ3v) is 4.21. The van der Waals surface area contributed by atoms with Crippen molar-refractivity contribution in [1.82, 2.24) is 15.1 Å². The molecule has 3 aromatic rings. The number of carbonyl (C=O) groups is 1. The third-order valence-electron chi connectivity index (χ3n) is 4.21. The van der Waals surface area contributed by atoms with E-state index >= 15 is 0 Å². The molecule has 5 nitrogen and oxygen atoms in total. The quantitative estimate of drug-likeness (QED) is 0.753. The molecule has 0 saturated heterocycles. The minimum atomic E-state index is -0.739. The van der Waals surface area contributed by atoms with E-state index in [9.17, 15) is 9.90 Å². The molecule has 128 valence electrons. The predicted molar refractivity (Wildman–Crippen MR) is 96.8 cm³/mol. The number of nitrogens with one attached hydrogen (secondary N) is 1. The number of nitrogens with zero attached hydrogens (tertiary/aromatic N) is 2. The molecule has 0 aliphatic rings. The zero-order chi connectivity index (χ0) is 17.8. The van der Waals surface area contributed by atoms with Gasteiger partial charge in [0, 0.05) is 12.7 Å². The molecule has 0 radical (unpaired) electrons. The summed E-state index contributed by atoms with van der Waals surface area (Å²) < 4.78 is 1.68. The van der Waals surface area contributed by atoms with Crippen LogP contribution < -0.4 is 5.32 Å². The molecule has 1 atom stereocenters. The fraction of sp³-hybridized carbons (Fsp3) is 0.200. The second kappa shape index (κ2) is 7.32. The van der Waals surface area contributed by atoms with Gasteiger partial charge in [-0.25, -0.2) is 4.68 Å². The SMILES string of the molecule is Cc1ccccc1C(O)CNC(=O)c1cnn(-c2ccccc2C)c1. The first-order valence-electron chi connectivity index (χ1n) is 8.18. The van der Waals surface area contributed by atoms with Gasteiger partial charge in [0.2, 0.25) is 0 Å². The van der Waals surface area contributed by atoms with E-state index in [1.54, 1.807) is 10.9 Å². The highest BCUT2D eigenvalue weighted by atomic mass is 16.3. The second-order valence-corrected chi connectivity index (χ2v) is 6.04. The molecular weight excluding hydrogens is 314 g/mol. The summed E-state index contributed by atoms with van der Waals surface area (Å²) in [5, 5.41) is 17.3. The zero-order valence-electron chi connectivity index (χ0n) is 14.3. The lowest BCUT2D eigenvalue weighted by atomic mass is 10.0. The summed E-state index contributed by atoms with van der Waals surface area (Å²) in [6.45, 7) is 4.08. The summed E-state index contributed by atoms with van der Waals surface area (Å²) in [7, 11) is 0.